The topological polar surface area (TPSA) is 65.4 Å². The smallest absolute Gasteiger partial charge is 0.144 e. The highest BCUT2D eigenvalue weighted by atomic mass is 16.5. The molecule has 6 heteroatoms. The Balaban J connectivity index is 1.63. The highest BCUT2D eigenvalue weighted by Crippen LogP contribution is 2.32. The predicted octanol–water partition coefficient (Wildman–Crippen LogP) is 2.10. The molecule has 0 spiro atoms. The van der Waals surface area contributed by atoms with Crippen molar-refractivity contribution in [2.24, 2.45) is 0 Å². The fourth-order valence-electron chi connectivity index (χ4n) is 3.73. The van der Waals surface area contributed by atoms with E-state index in [2.05, 4.69) is 38.1 Å². The Kier molecular flexibility index (Phi) is 5.06. The minimum atomic E-state index is -0.00601. The molecule has 2 heterocycles. The second-order valence-electron chi connectivity index (χ2n) is 7.44. The highest BCUT2D eigenvalue weighted by Gasteiger charge is 2.20. The minimum absolute atomic E-state index is 0.00601. The maximum absolute atomic E-state index is 9.38. The Morgan fingerprint density at radius 3 is 1.63 bits per heavy atom. The summed E-state index contributed by atoms with van der Waals surface area (Å²) < 4.78 is 11.5. The average molecular weight is 370 g/mol. The summed E-state index contributed by atoms with van der Waals surface area (Å²) in [7, 11) is 0. The Bertz CT molecular complexity index is 783. The standard InChI is InChI=1S/C21H26N2O4/c1-14-3-20-18(8-22(10-24)12-26-20)6-16(14)5-17-7-19-9-23(11-25)13-27-21(19)4-15(17)2/h3-4,6-7,24-25H,5,8-13H2,1-2H3. The molecule has 27 heavy (non-hydrogen) atoms. The molecule has 2 N–H and O–H groups in total. The van der Waals surface area contributed by atoms with E-state index in [-0.39, 0.29) is 13.5 Å². The number of fused-ring (bicyclic) bond motifs is 2. The lowest BCUT2D eigenvalue weighted by molar-refractivity contribution is 0.0195. The zero-order chi connectivity index (χ0) is 19.0. The van der Waals surface area contributed by atoms with Gasteiger partial charge in [-0.05, 0) is 54.7 Å². The Labute approximate surface area is 159 Å². The van der Waals surface area contributed by atoms with Crippen LogP contribution in [0.1, 0.15) is 33.4 Å². The quantitative estimate of drug-likeness (QED) is 0.859. The number of aliphatic hydroxyl groups is 2. The summed E-state index contributed by atoms with van der Waals surface area (Å²) in [6, 6.07) is 8.59. The van der Waals surface area contributed by atoms with Crippen LogP contribution >= 0.6 is 0 Å². The summed E-state index contributed by atoms with van der Waals surface area (Å²) in [6.45, 7) is 6.45. The number of aliphatic hydroxyl groups excluding tert-OH is 2. The van der Waals surface area contributed by atoms with Crippen LogP contribution in [0.3, 0.4) is 0 Å². The number of hydrogen-bond acceptors (Lipinski definition) is 6. The molecular weight excluding hydrogens is 344 g/mol. The molecule has 0 unspecified atom stereocenters. The second kappa shape index (κ2) is 7.48. The van der Waals surface area contributed by atoms with Crippen LogP contribution in [0, 0.1) is 13.8 Å². The average Bonchev–Trinajstić information content (AvgIpc) is 2.68. The van der Waals surface area contributed by atoms with Gasteiger partial charge in [0, 0.05) is 24.2 Å². The molecule has 0 bridgehead atoms. The molecule has 0 aliphatic carbocycles. The number of benzene rings is 2. The van der Waals surface area contributed by atoms with Crippen molar-refractivity contribution < 1.29 is 19.7 Å². The number of rotatable bonds is 4. The van der Waals surface area contributed by atoms with Gasteiger partial charge in [0.05, 0.1) is 13.5 Å². The third-order valence-electron chi connectivity index (χ3n) is 5.41. The largest absolute Gasteiger partial charge is 0.478 e. The molecule has 4 rings (SSSR count). The van der Waals surface area contributed by atoms with E-state index in [9.17, 15) is 10.2 Å². The van der Waals surface area contributed by atoms with E-state index in [4.69, 9.17) is 9.47 Å². The van der Waals surface area contributed by atoms with Crippen molar-refractivity contribution in [3.63, 3.8) is 0 Å². The van der Waals surface area contributed by atoms with Crippen molar-refractivity contribution in [3.05, 3.63) is 57.6 Å². The summed E-state index contributed by atoms with van der Waals surface area (Å²) in [4.78, 5) is 3.71. The van der Waals surface area contributed by atoms with Gasteiger partial charge in [0.15, 0.2) is 0 Å². The van der Waals surface area contributed by atoms with Gasteiger partial charge < -0.3 is 19.7 Å². The summed E-state index contributed by atoms with van der Waals surface area (Å²) in [6.07, 6.45) is 0.830. The molecular formula is C21H26N2O4. The molecule has 2 aliphatic heterocycles. The number of aryl methyl sites for hydroxylation is 2. The van der Waals surface area contributed by atoms with E-state index in [1.165, 1.54) is 22.3 Å². The zero-order valence-corrected chi connectivity index (χ0v) is 15.9. The normalized spacial score (nSPS) is 17.0. The van der Waals surface area contributed by atoms with E-state index in [1.807, 2.05) is 9.80 Å². The van der Waals surface area contributed by atoms with Crippen LogP contribution in [0.4, 0.5) is 0 Å². The fraction of sp³-hybridized carbons (Fsp3) is 0.429. The van der Waals surface area contributed by atoms with Gasteiger partial charge in [-0.25, -0.2) is 9.80 Å². The SMILES string of the molecule is Cc1cc2c(cc1Cc1cc3c(cc1C)OCN(CO)C3)CN(CO)CO2. The van der Waals surface area contributed by atoms with E-state index in [0.29, 0.717) is 26.6 Å². The van der Waals surface area contributed by atoms with Crippen LogP contribution in [0.25, 0.3) is 0 Å². The van der Waals surface area contributed by atoms with Crippen molar-refractivity contribution in [2.75, 3.05) is 26.9 Å². The number of ether oxygens (including phenoxy) is 2. The predicted molar refractivity (Wildman–Crippen MR) is 101 cm³/mol. The van der Waals surface area contributed by atoms with E-state index < -0.39 is 0 Å². The van der Waals surface area contributed by atoms with E-state index in [1.54, 1.807) is 0 Å². The van der Waals surface area contributed by atoms with Crippen molar-refractivity contribution in [2.45, 2.75) is 33.4 Å². The molecule has 0 atom stereocenters. The lowest BCUT2D eigenvalue weighted by atomic mass is 9.93. The van der Waals surface area contributed by atoms with Gasteiger partial charge in [0.25, 0.3) is 0 Å². The van der Waals surface area contributed by atoms with Gasteiger partial charge in [-0.3, -0.25) is 0 Å². The Morgan fingerprint density at radius 2 is 1.22 bits per heavy atom. The summed E-state index contributed by atoms with van der Waals surface area (Å²) >= 11 is 0. The van der Waals surface area contributed by atoms with Crippen molar-refractivity contribution in [1.82, 2.24) is 9.80 Å². The van der Waals surface area contributed by atoms with Gasteiger partial charge in [0.1, 0.15) is 25.0 Å². The zero-order valence-electron chi connectivity index (χ0n) is 15.9. The molecule has 0 saturated heterocycles. The van der Waals surface area contributed by atoms with Crippen LogP contribution in [0.2, 0.25) is 0 Å². The van der Waals surface area contributed by atoms with E-state index in [0.717, 1.165) is 29.0 Å². The van der Waals surface area contributed by atoms with E-state index >= 15 is 0 Å². The summed E-state index contributed by atoms with van der Waals surface area (Å²) in [5.74, 6) is 1.82. The van der Waals surface area contributed by atoms with Crippen molar-refractivity contribution >= 4 is 0 Å². The summed E-state index contributed by atoms with van der Waals surface area (Å²) in [5, 5.41) is 18.8. The number of hydrogen-bond donors (Lipinski definition) is 2. The molecule has 0 amide bonds. The van der Waals surface area contributed by atoms with Crippen LogP contribution < -0.4 is 9.47 Å². The van der Waals surface area contributed by atoms with Crippen molar-refractivity contribution in [3.8, 4) is 11.5 Å². The highest BCUT2D eigenvalue weighted by molar-refractivity contribution is 5.48. The molecule has 0 saturated carbocycles. The lowest BCUT2D eigenvalue weighted by Gasteiger charge is -2.29. The molecule has 2 aromatic rings. The molecule has 6 nitrogen and oxygen atoms in total. The van der Waals surface area contributed by atoms with Crippen molar-refractivity contribution in [1.29, 1.82) is 0 Å². The van der Waals surface area contributed by atoms with Gasteiger partial charge >= 0.3 is 0 Å². The van der Waals surface area contributed by atoms with Gasteiger partial charge in [-0.15, -0.1) is 0 Å². The fourth-order valence-corrected chi connectivity index (χ4v) is 3.73. The van der Waals surface area contributed by atoms with Crippen LogP contribution in [0.5, 0.6) is 11.5 Å². The first kappa shape index (κ1) is 18.3. The Morgan fingerprint density at radius 1 is 0.778 bits per heavy atom. The first-order valence-electron chi connectivity index (χ1n) is 9.24. The van der Waals surface area contributed by atoms with Crippen LogP contribution in [-0.4, -0.2) is 46.9 Å². The molecule has 144 valence electrons. The molecule has 2 aliphatic rings. The number of nitrogens with zero attached hydrogens (tertiary/aromatic N) is 2. The first-order chi connectivity index (χ1) is 13.1. The maximum Gasteiger partial charge on any atom is 0.144 e. The van der Waals surface area contributed by atoms with Crippen LogP contribution in [0.15, 0.2) is 24.3 Å². The molecule has 0 aromatic heterocycles. The van der Waals surface area contributed by atoms with Crippen LogP contribution in [-0.2, 0) is 19.5 Å². The molecule has 0 radical (unpaired) electrons. The third-order valence-corrected chi connectivity index (χ3v) is 5.41. The molecule has 0 fully saturated rings. The monoisotopic (exact) mass is 370 g/mol. The van der Waals surface area contributed by atoms with Gasteiger partial charge in [0.2, 0.25) is 0 Å². The second-order valence-corrected chi connectivity index (χ2v) is 7.44. The van der Waals surface area contributed by atoms with Gasteiger partial charge in [-0.1, -0.05) is 12.1 Å². The lowest BCUT2D eigenvalue weighted by Crippen LogP contribution is -2.33. The summed E-state index contributed by atoms with van der Waals surface area (Å²) in [5.41, 5.74) is 7.16. The first-order valence-corrected chi connectivity index (χ1v) is 9.24. The molecule has 2 aromatic carbocycles. The minimum Gasteiger partial charge on any atom is -0.478 e. The third kappa shape index (κ3) is 3.66. The Hall–Kier alpha value is -2.12. The van der Waals surface area contributed by atoms with Gasteiger partial charge in [-0.2, -0.15) is 0 Å². The maximum atomic E-state index is 9.38.